The fourth-order valence-electron chi connectivity index (χ4n) is 2.69. The number of likely N-dealkylation sites (tertiary alicyclic amines) is 1. The van der Waals surface area contributed by atoms with E-state index in [1.165, 1.54) is 6.07 Å². The number of hydrogen-bond donors (Lipinski definition) is 0. The van der Waals surface area contributed by atoms with Gasteiger partial charge in [0.2, 0.25) is 0 Å². The van der Waals surface area contributed by atoms with Crippen LogP contribution in [0.4, 0.5) is 5.69 Å². The van der Waals surface area contributed by atoms with Gasteiger partial charge in [-0.15, -0.1) is 0 Å². The number of nitro benzene ring substituents is 1. The molecule has 100 valence electrons. The molecular formula is C14H17N3O2. The molecule has 1 aromatic carbocycles. The zero-order valence-electron chi connectivity index (χ0n) is 11.0. The smallest absolute Gasteiger partial charge is 0.275 e. The highest BCUT2D eigenvalue weighted by Gasteiger charge is 2.29. The van der Waals surface area contributed by atoms with Gasteiger partial charge < -0.3 is 0 Å². The standard InChI is InChI=1S/C14H17N3O2/c1-11-5-4-8-16(10-11)14(9-15)12-6-2-3-7-13(12)17(18)19/h2-3,6-7,11,14H,4-5,8,10H2,1H3. The highest BCUT2D eigenvalue weighted by molar-refractivity contribution is 5.44. The van der Waals surface area contributed by atoms with Gasteiger partial charge in [0.15, 0.2) is 0 Å². The Kier molecular flexibility index (Phi) is 4.13. The van der Waals surface area contributed by atoms with Crippen LogP contribution in [-0.4, -0.2) is 22.9 Å². The van der Waals surface area contributed by atoms with Crippen molar-refractivity contribution >= 4 is 5.69 Å². The summed E-state index contributed by atoms with van der Waals surface area (Å²) >= 11 is 0. The quantitative estimate of drug-likeness (QED) is 0.618. The summed E-state index contributed by atoms with van der Waals surface area (Å²) in [6.07, 6.45) is 2.20. The van der Waals surface area contributed by atoms with E-state index < -0.39 is 11.0 Å². The number of para-hydroxylation sites is 1. The number of rotatable bonds is 3. The summed E-state index contributed by atoms with van der Waals surface area (Å²) < 4.78 is 0. The van der Waals surface area contributed by atoms with Crippen molar-refractivity contribution in [2.45, 2.75) is 25.8 Å². The maximum atomic E-state index is 11.1. The molecule has 1 saturated heterocycles. The fraction of sp³-hybridized carbons (Fsp3) is 0.500. The van der Waals surface area contributed by atoms with E-state index >= 15 is 0 Å². The molecule has 5 heteroatoms. The average molecular weight is 259 g/mol. The van der Waals surface area contributed by atoms with Gasteiger partial charge in [-0.25, -0.2) is 0 Å². The lowest BCUT2D eigenvalue weighted by Crippen LogP contribution is -2.37. The molecule has 0 N–H and O–H groups in total. The minimum absolute atomic E-state index is 0.0345. The highest BCUT2D eigenvalue weighted by Crippen LogP contribution is 2.31. The van der Waals surface area contributed by atoms with Gasteiger partial charge in [0, 0.05) is 12.6 Å². The molecule has 1 aliphatic rings. The van der Waals surface area contributed by atoms with E-state index in [0.717, 1.165) is 25.9 Å². The van der Waals surface area contributed by atoms with Crippen LogP contribution in [-0.2, 0) is 0 Å². The van der Waals surface area contributed by atoms with Crippen molar-refractivity contribution in [3.8, 4) is 6.07 Å². The van der Waals surface area contributed by atoms with Crippen molar-refractivity contribution in [3.05, 3.63) is 39.9 Å². The molecule has 0 amide bonds. The maximum absolute atomic E-state index is 11.1. The zero-order valence-corrected chi connectivity index (χ0v) is 11.0. The first-order chi connectivity index (χ1) is 9.13. The van der Waals surface area contributed by atoms with Crippen molar-refractivity contribution in [2.75, 3.05) is 13.1 Å². The Bertz CT molecular complexity index is 510. The third-order valence-electron chi connectivity index (χ3n) is 3.60. The Morgan fingerprint density at radius 2 is 2.26 bits per heavy atom. The Morgan fingerprint density at radius 1 is 1.53 bits per heavy atom. The molecule has 0 aliphatic carbocycles. The van der Waals surface area contributed by atoms with E-state index in [-0.39, 0.29) is 5.69 Å². The predicted octanol–water partition coefficient (Wildman–Crippen LogP) is 2.89. The topological polar surface area (TPSA) is 70.2 Å². The van der Waals surface area contributed by atoms with Gasteiger partial charge in [-0.3, -0.25) is 15.0 Å². The molecule has 2 atom stereocenters. The molecule has 0 spiro atoms. The van der Waals surface area contributed by atoms with Gasteiger partial charge in [0.1, 0.15) is 6.04 Å². The molecule has 1 aromatic rings. The van der Waals surface area contributed by atoms with Crippen LogP contribution in [0.1, 0.15) is 31.4 Å². The second-order valence-electron chi connectivity index (χ2n) is 5.09. The number of nitro groups is 1. The van der Waals surface area contributed by atoms with Gasteiger partial charge in [0.05, 0.1) is 16.6 Å². The number of nitriles is 1. The van der Waals surface area contributed by atoms with Crippen LogP contribution in [0.5, 0.6) is 0 Å². The molecule has 2 unspecified atom stereocenters. The Morgan fingerprint density at radius 3 is 2.89 bits per heavy atom. The molecule has 1 aliphatic heterocycles. The summed E-state index contributed by atoms with van der Waals surface area (Å²) in [5.41, 5.74) is 0.538. The Balaban J connectivity index is 2.32. The van der Waals surface area contributed by atoms with Gasteiger partial charge in [-0.1, -0.05) is 19.1 Å². The summed E-state index contributed by atoms with van der Waals surface area (Å²) in [6.45, 7) is 3.80. The van der Waals surface area contributed by atoms with Crippen molar-refractivity contribution < 1.29 is 4.92 Å². The van der Waals surface area contributed by atoms with Crippen LogP contribution in [0.25, 0.3) is 0 Å². The van der Waals surface area contributed by atoms with Crippen molar-refractivity contribution in [1.29, 1.82) is 5.26 Å². The summed E-state index contributed by atoms with van der Waals surface area (Å²) in [5.74, 6) is 0.535. The molecule has 1 fully saturated rings. The summed E-state index contributed by atoms with van der Waals surface area (Å²) in [5, 5.41) is 20.5. The average Bonchev–Trinajstić information content (AvgIpc) is 2.40. The van der Waals surface area contributed by atoms with Crippen LogP contribution in [0, 0.1) is 27.4 Å². The number of piperidine rings is 1. The fourth-order valence-corrected chi connectivity index (χ4v) is 2.69. The molecular weight excluding hydrogens is 242 g/mol. The molecule has 19 heavy (non-hydrogen) atoms. The van der Waals surface area contributed by atoms with Gasteiger partial charge >= 0.3 is 0 Å². The van der Waals surface area contributed by atoms with E-state index in [4.69, 9.17) is 0 Å². The lowest BCUT2D eigenvalue weighted by atomic mass is 9.96. The van der Waals surface area contributed by atoms with Crippen LogP contribution >= 0.6 is 0 Å². The van der Waals surface area contributed by atoms with Crippen LogP contribution in [0.15, 0.2) is 24.3 Å². The number of hydrogen-bond acceptors (Lipinski definition) is 4. The maximum Gasteiger partial charge on any atom is 0.275 e. The van der Waals surface area contributed by atoms with Crippen LogP contribution in [0.2, 0.25) is 0 Å². The monoisotopic (exact) mass is 259 g/mol. The SMILES string of the molecule is CC1CCCN(C(C#N)c2ccccc2[N+](=O)[O-])C1. The molecule has 0 aromatic heterocycles. The van der Waals surface area contributed by atoms with Gasteiger partial charge in [-0.2, -0.15) is 5.26 Å². The van der Waals surface area contributed by atoms with Crippen LogP contribution < -0.4 is 0 Å². The first kappa shape index (κ1) is 13.5. The minimum atomic E-state index is -0.524. The molecule has 1 heterocycles. The minimum Gasteiger partial charge on any atom is -0.284 e. The third kappa shape index (κ3) is 2.91. The highest BCUT2D eigenvalue weighted by atomic mass is 16.6. The molecule has 0 radical (unpaired) electrons. The lowest BCUT2D eigenvalue weighted by molar-refractivity contribution is -0.385. The lowest BCUT2D eigenvalue weighted by Gasteiger charge is -2.33. The largest absolute Gasteiger partial charge is 0.284 e. The molecule has 0 bridgehead atoms. The van der Waals surface area contributed by atoms with Crippen molar-refractivity contribution in [2.24, 2.45) is 5.92 Å². The second-order valence-corrected chi connectivity index (χ2v) is 5.09. The predicted molar refractivity (Wildman–Crippen MR) is 71.4 cm³/mol. The summed E-state index contributed by atoms with van der Waals surface area (Å²) in [6, 6.07) is 8.24. The Labute approximate surface area is 112 Å². The van der Waals surface area contributed by atoms with E-state index in [2.05, 4.69) is 17.9 Å². The first-order valence-corrected chi connectivity index (χ1v) is 6.50. The van der Waals surface area contributed by atoms with E-state index in [1.54, 1.807) is 18.2 Å². The van der Waals surface area contributed by atoms with Crippen molar-refractivity contribution in [1.82, 2.24) is 4.90 Å². The first-order valence-electron chi connectivity index (χ1n) is 6.50. The zero-order chi connectivity index (χ0) is 13.8. The van der Waals surface area contributed by atoms with E-state index in [9.17, 15) is 15.4 Å². The number of nitrogens with zero attached hydrogens (tertiary/aromatic N) is 3. The van der Waals surface area contributed by atoms with E-state index in [0.29, 0.717) is 11.5 Å². The normalized spacial score (nSPS) is 21.6. The van der Waals surface area contributed by atoms with E-state index in [1.807, 2.05) is 0 Å². The third-order valence-corrected chi connectivity index (χ3v) is 3.60. The van der Waals surface area contributed by atoms with Crippen LogP contribution in [0.3, 0.4) is 0 Å². The molecule has 0 saturated carbocycles. The number of benzene rings is 1. The van der Waals surface area contributed by atoms with Crippen molar-refractivity contribution in [3.63, 3.8) is 0 Å². The summed E-state index contributed by atoms with van der Waals surface area (Å²) in [4.78, 5) is 12.7. The second kappa shape index (κ2) is 5.81. The van der Waals surface area contributed by atoms with Gasteiger partial charge in [-0.05, 0) is 31.4 Å². The molecule has 2 rings (SSSR count). The molecule has 5 nitrogen and oxygen atoms in total. The van der Waals surface area contributed by atoms with Gasteiger partial charge in [0.25, 0.3) is 5.69 Å². The Hall–Kier alpha value is -1.93. The summed E-state index contributed by atoms with van der Waals surface area (Å²) in [7, 11) is 0.